The highest BCUT2D eigenvalue weighted by molar-refractivity contribution is 8.00. The van der Waals surface area contributed by atoms with Gasteiger partial charge in [0.2, 0.25) is 0 Å². The first-order chi connectivity index (χ1) is 8.78. The lowest BCUT2D eigenvalue weighted by Gasteiger charge is -2.21. The van der Waals surface area contributed by atoms with E-state index in [1.54, 1.807) is 12.1 Å². The number of halogens is 1. The summed E-state index contributed by atoms with van der Waals surface area (Å²) in [5.74, 6) is -0.108. The van der Waals surface area contributed by atoms with Gasteiger partial charge in [-0.1, -0.05) is 26.2 Å². The van der Waals surface area contributed by atoms with Crippen molar-refractivity contribution in [3.8, 4) is 0 Å². The van der Waals surface area contributed by atoms with E-state index in [0.717, 1.165) is 23.5 Å². The minimum atomic E-state index is -0.108. The Morgan fingerprint density at radius 2 is 2.00 bits per heavy atom. The molecule has 0 radical (unpaired) electrons. The fraction of sp³-hybridized carbons (Fsp3) is 0.600. The Morgan fingerprint density at radius 1 is 1.22 bits per heavy atom. The van der Waals surface area contributed by atoms with Crippen LogP contribution in [0.25, 0.3) is 0 Å². The second kappa shape index (κ2) is 7.15. The van der Waals surface area contributed by atoms with Crippen molar-refractivity contribution in [1.29, 1.82) is 0 Å². The third kappa shape index (κ3) is 4.29. The predicted octanol–water partition coefficient (Wildman–Crippen LogP) is 4.36. The van der Waals surface area contributed by atoms with Gasteiger partial charge in [-0.15, -0.1) is 11.8 Å². The first-order valence-electron chi connectivity index (χ1n) is 6.95. The summed E-state index contributed by atoms with van der Waals surface area (Å²) < 4.78 is 13.6. The number of nitrogens with one attached hydrogen (secondary N) is 1. The lowest BCUT2D eigenvalue weighted by Crippen LogP contribution is -2.12. The van der Waals surface area contributed by atoms with Gasteiger partial charge in [0.25, 0.3) is 0 Å². The van der Waals surface area contributed by atoms with Gasteiger partial charge in [0.1, 0.15) is 5.82 Å². The molecule has 1 nitrogen and oxygen atoms in total. The van der Waals surface area contributed by atoms with Gasteiger partial charge >= 0.3 is 0 Å². The quantitative estimate of drug-likeness (QED) is 0.850. The van der Waals surface area contributed by atoms with E-state index in [9.17, 15) is 4.39 Å². The first kappa shape index (κ1) is 13.9. The van der Waals surface area contributed by atoms with Gasteiger partial charge in [-0.3, -0.25) is 0 Å². The molecule has 3 heteroatoms. The summed E-state index contributed by atoms with van der Waals surface area (Å²) in [4.78, 5) is 1.09. The fourth-order valence-corrected chi connectivity index (χ4v) is 3.79. The second-order valence-corrected chi connectivity index (χ2v) is 6.33. The monoisotopic (exact) mass is 267 g/mol. The van der Waals surface area contributed by atoms with Gasteiger partial charge in [0, 0.05) is 16.7 Å². The summed E-state index contributed by atoms with van der Waals surface area (Å²) in [5.41, 5.74) is 1.05. The topological polar surface area (TPSA) is 12.0 Å². The Bertz CT molecular complexity index is 375. The average Bonchev–Trinajstić information content (AvgIpc) is 2.37. The highest BCUT2D eigenvalue weighted by Crippen LogP contribution is 2.34. The molecule has 0 heterocycles. The van der Waals surface area contributed by atoms with Crippen molar-refractivity contribution in [3.63, 3.8) is 0 Å². The van der Waals surface area contributed by atoms with Crippen molar-refractivity contribution in [2.24, 2.45) is 0 Å². The number of hydrogen-bond donors (Lipinski definition) is 1. The molecule has 0 saturated heterocycles. The Balaban J connectivity index is 1.99. The molecule has 0 aliphatic heterocycles. The number of hydrogen-bond acceptors (Lipinski definition) is 2. The molecule has 2 rings (SSSR count). The van der Waals surface area contributed by atoms with E-state index in [1.807, 2.05) is 11.8 Å². The molecule has 100 valence electrons. The maximum atomic E-state index is 13.6. The van der Waals surface area contributed by atoms with Gasteiger partial charge in [0.05, 0.1) is 0 Å². The molecule has 1 aliphatic carbocycles. The molecule has 18 heavy (non-hydrogen) atoms. The largest absolute Gasteiger partial charge is 0.313 e. The Kier molecular flexibility index (Phi) is 5.51. The normalized spacial score (nSPS) is 17.0. The van der Waals surface area contributed by atoms with Crippen LogP contribution in [0.5, 0.6) is 0 Å². The molecular weight excluding hydrogens is 245 g/mol. The third-order valence-electron chi connectivity index (χ3n) is 3.37. The minimum absolute atomic E-state index is 0.108. The molecule has 1 N–H and O–H groups in total. The molecule has 0 aromatic heterocycles. The van der Waals surface area contributed by atoms with Gasteiger partial charge in [-0.2, -0.15) is 0 Å². The summed E-state index contributed by atoms with van der Waals surface area (Å²) >= 11 is 1.86. The van der Waals surface area contributed by atoms with E-state index in [0.29, 0.717) is 5.25 Å². The molecule has 1 aliphatic rings. The van der Waals surface area contributed by atoms with Crippen LogP contribution in [0.3, 0.4) is 0 Å². The van der Waals surface area contributed by atoms with Crippen LogP contribution in [0.15, 0.2) is 23.1 Å². The molecular formula is C15H22FNS. The van der Waals surface area contributed by atoms with Crippen LogP contribution in [0, 0.1) is 5.82 Å². The van der Waals surface area contributed by atoms with Crippen LogP contribution < -0.4 is 5.32 Å². The predicted molar refractivity (Wildman–Crippen MR) is 76.5 cm³/mol. The van der Waals surface area contributed by atoms with Crippen LogP contribution in [-0.2, 0) is 6.54 Å². The summed E-state index contributed by atoms with van der Waals surface area (Å²) in [6.45, 7) is 3.74. The molecule has 1 aromatic rings. The van der Waals surface area contributed by atoms with Crippen LogP contribution in [0.1, 0.15) is 44.6 Å². The zero-order valence-electron chi connectivity index (χ0n) is 11.0. The number of rotatable bonds is 5. The van der Waals surface area contributed by atoms with Crippen LogP contribution in [-0.4, -0.2) is 11.8 Å². The molecule has 0 bridgehead atoms. The Labute approximate surface area is 114 Å². The summed E-state index contributed by atoms with van der Waals surface area (Å²) in [5, 5.41) is 3.93. The van der Waals surface area contributed by atoms with Gasteiger partial charge in [0.15, 0.2) is 0 Å². The van der Waals surface area contributed by atoms with Crippen molar-refractivity contribution in [2.75, 3.05) is 6.54 Å². The van der Waals surface area contributed by atoms with E-state index in [4.69, 9.17) is 0 Å². The summed E-state index contributed by atoms with van der Waals surface area (Å²) in [7, 11) is 0. The van der Waals surface area contributed by atoms with Crippen molar-refractivity contribution < 1.29 is 4.39 Å². The fourth-order valence-electron chi connectivity index (χ4n) is 2.44. The SMILES string of the molecule is CCNCc1cc(F)cc(SC2CCCCC2)c1. The molecule has 1 aromatic carbocycles. The highest BCUT2D eigenvalue weighted by Gasteiger charge is 2.15. The molecule has 0 unspecified atom stereocenters. The van der Waals surface area contributed by atoms with Crippen molar-refractivity contribution >= 4 is 11.8 Å². The van der Waals surface area contributed by atoms with Gasteiger partial charge in [-0.25, -0.2) is 4.39 Å². The number of thioether (sulfide) groups is 1. The highest BCUT2D eigenvalue weighted by atomic mass is 32.2. The van der Waals surface area contributed by atoms with Gasteiger partial charge in [-0.05, 0) is 43.1 Å². The lowest BCUT2D eigenvalue weighted by atomic mass is 10.0. The molecule has 0 atom stereocenters. The average molecular weight is 267 g/mol. The maximum Gasteiger partial charge on any atom is 0.124 e. The van der Waals surface area contributed by atoms with Crippen LogP contribution in [0.4, 0.5) is 4.39 Å². The van der Waals surface area contributed by atoms with E-state index >= 15 is 0 Å². The smallest absolute Gasteiger partial charge is 0.124 e. The zero-order valence-corrected chi connectivity index (χ0v) is 11.9. The van der Waals surface area contributed by atoms with Crippen LogP contribution >= 0.6 is 11.8 Å². The van der Waals surface area contributed by atoms with E-state index in [1.165, 1.54) is 32.1 Å². The second-order valence-electron chi connectivity index (χ2n) is 4.95. The van der Waals surface area contributed by atoms with Crippen molar-refractivity contribution in [3.05, 3.63) is 29.6 Å². The molecule has 1 fully saturated rings. The zero-order chi connectivity index (χ0) is 12.8. The Hall–Kier alpha value is -0.540. The van der Waals surface area contributed by atoms with E-state index in [2.05, 4.69) is 18.3 Å². The molecule has 1 saturated carbocycles. The lowest BCUT2D eigenvalue weighted by molar-refractivity contribution is 0.516. The standard InChI is InChI=1S/C15H22FNS/c1-2-17-11-12-8-13(16)10-15(9-12)18-14-6-4-3-5-7-14/h8-10,14,17H,2-7,11H2,1H3. The molecule has 0 spiro atoms. The van der Waals surface area contributed by atoms with Gasteiger partial charge < -0.3 is 5.32 Å². The minimum Gasteiger partial charge on any atom is -0.313 e. The maximum absolute atomic E-state index is 13.6. The van der Waals surface area contributed by atoms with Crippen molar-refractivity contribution in [2.45, 2.75) is 55.7 Å². The first-order valence-corrected chi connectivity index (χ1v) is 7.82. The Morgan fingerprint density at radius 3 is 2.72 bits per heavy atom. The van der Waals surface area contributed by atoms with E-state index < -0.39 is 0 Å². The third-order valence-corrected chi connectivity index (χ3v) is 4.68. The number of benzene rings is 1. The van der Waals surface area contributed by atoms with E-state index in [-0.39, 0.29) is 5.82 Å². The van der Waals surface area contributed by atoms with Crippen LogP contribution in [0.2, 0.25) is 0 Å². The van der Waals surface area contributed by atoms with Crippen molar-refractivity contribution in [1.82, 2.24) is 5.32 Å². The summed E-state index contributed by atoms with van der Waals surface area (Å²) in [6, 6.07) is 5.44. The summed E-state index contributed by atoms with van der Waals surface area (Å²) in [6.07, 6.45) is 6.59. The molecule has 0 amide bonds.